The van der Waals surface area contributed by atoms with E-state index in [1.165, 1.54) is 0 Å². The number of nitrogen functional groups attached to an aromatic ring is 1. The number of rotatable bonds is 3. The van der Waals surface area contributed by atoms with Crippen LogP contribution in [0.4, 0.5) is 11.4 Å². The van der Waals surface area contributed by atoms with Crippen molar-refractivity contribution < 1.29 is 4.79 Å². The molecule has 0 bridgehead atoms. The van der Waals surface area contributed by atoms with Crippen LogP contribution in [-0.2, 0) is 4.79 Å². The standard InChI is InChI=1S/C9H13N3OS/c10-6-2-1-3-7(4-6)12-9(13)8(11)5-14/h1-4,8,14H,5,10-11H2,(H,12,13). The Bertz CT molecular complexity index is 330. The Morgan fingerprint density at radius 3 is 2.86 bits per heavy atom. The van der Waals surface area contributed by atoms with Crippen molar-refractivity contribution in [1.29, 1.82) is 0 Å². The van der Waals surface area contributed by atoms with Crippen molar-refractivity contribution in [2.45, 2.75) is 6.04 Å². The first-order chi connectivity index (χ1) is 6.63. The van der Waals surface area contributed by atoms with E-state index >= 15 is 0 Å². The van der Waals surface area contributed by atoms with Crippen LogP contribution in [0.5, 0.6) is 0 Å². The number of anilines is 2. The van der Waals surface area contributed by atoms with Gasteiger partial charge in [0.25, 0.3) is 0 Å². The van der Waals surface area contributed by atoms with Gasteiger partial charge in [0.05, 0.1) is 6.04 Å². The van der Waals surface area contributed by atoms with Gasteiger partial charge in [-0.1, -0.05) is 6.07 Å². The molecule has 0 fully saturated rings. The summed E-state index contributed by atoms with van der Waals surface area (Å²) in [6.45, 7) is 0. The molecule has 4 nitrogen and oxygen atoms in total. The fraction of sp³-hybridized carbons (Fsp3) is 0.222. The fourth-order valence-electron chi connectivity index (χ4n) is 0.934. The molecule has 1 aromatic carbocycles. The monoisotopic (exact) mass is 211 g/mol. The predicted molar refractivity (Wildman–Crippen MR) is 61.3 cm³/mol. The summed E-state index contributed by atoms with van der Waals surface area (Å²) in [7, 11) is 0. The van der Waals surface area contributed by atoms with Gasteiger partial charge in [0.2, 0.25) is 5.91 Å². The second-order valence-electron chi connectivity index (χ2n) is 2.90. The van der Waals surface area contributed by atoms with Crippen molar-refractivity contribution in [3.05, 3.63) is 24.3 Å². The van der Waals surface area contributed by atoms with Crippen molar-refractivity contribution in [3.63, 3.8) is 0 Å². The largest absolute Gasteiger partial charge is 0.399 e. The highest BCUT2D eigenvalue weighted by Gasteiger charge is 2.10. The maximum Gasteiger partial charge on any atom is 0.242 e. The van der Waals surface area contributed by atoms with Crippen LogP contribution in [0, 0.1) is 0 Å². The molecule has 0 aliphatic heterocycles. The zero-order chi connectivity index (χ0) is 10.6. The zero-order valence-electron chi connectivity index (χ0n) is 7.60. The van der Waals surface area contributed by atoms with Crippen LogP contribution in [0.3, 0.4) is 0 Å². The minimum absolute atomic E-state index is 0.259. The lowest BCUT2D eigenvalue weighted by Crippen LogP contribution is -2.37. The van der Waals surface area contributed by atoms with Gasteiger partial charge in [0.15, 0.2) is 0 Å². The molecule has 14 heavy (non-hydrogen) atoms. The summed E-state index contributed by atoms with van der Waals surface area (Å²) in [6, 6.07) is 6.33. The van der Waals surface area contributed by atoms with E-state index in [0.717, 1.165) is 0 Å². The summed E-state index contributed by atoms with van der Waals surface area (Å²) in [5.41, 5.74) is 12.3. The Kier molecular flexibility index (Phi) is 3.79. The molecule has 0 radical (unpaired) electrons. The van der Waals surface area contributed by atoms with Crippen LogP contribution in [-0.4, -0.2) is 17.7 Å². The van der Waals surface area contributed by atoms with Crippen molar-refractivity contribution >= 4 is 29.9 Å². The fourth-order valence-corrected chi connectivity index (χ4v) is 1.10. The van der Waals surface area contributed by atoms with Crippen molar-refractivity contribution in [2.75, 3.05) is 16.8 Å². The first-order valence-corrected chi connectivity index (χ1v) is 4.79. The van der Waals surface area contributed by atoms with E-state index < -0.39 is 6.04 Å². The Morgan fingerprint density at radius 1 is 1.57 bits per heavy atom. The van der Waals surface area contributed by atoms with E-state index in [9.17, 15) is 4.79 Å². The topological polar surface area (TPSA) is 81.1 Å². The average molecular weight is 211 g/mol. The van der Waals surface area contributed by atoms with E-state index in [-0.39, 0.29) is 5.91 Å². The minimum atomic E-state index is -0.597. The highest BCUT2D eigenvalue weighted by Crippen LogP contribution is 2.11. The van der Waals surface area contributed by atoms with Gasteiger partial charge in [-0.15, -0.1) is 0 Å². The van der Waals surface area contributed by atoms with Crippen molar-refractivity contribution in [1.82, 2.24) is 0 Å². The van der Waals surface area contributed by atoms with Gasteiger partial charge in [-0.05, 0) is 18.2 Å². The molecule has 1 aromatic rings. The highest BCUT2D eigenvalue weighted by atomic mass is 32.1. The lowest BCUT2D eigenvalue weighted by molar-refractivity contribution is -0.116. The molecular weight excluding hydrogens is 198 g/mol. The molecule has 0 spiro atoms. The van der Waals surface area contributed by atoms with Gasteiger partial charge in [0.1, 0.15) is 0 Å². The van der Waals surface area contributed by atoms with E-state index in [1.807, 2.05) is 0 Å². The number of thiol groups is 1. The molecule has 76 valence electrons. The molecule has 0 aliphatic carbocycles. The maximum atomic E-state index is 11.3. The SMILES string of the molecule is Nc1cccc(NC(=O)C(N)CS)c1. The Labute approximate surface area is 88.1 Å². The molecule has 0 saturated carbocycles. The smallest absolute Gasteiger partial charge is 0.242 e. The Hall–Kier alpha value is -1.20. The Morgan fingerprint density at radius 2 is 2.29 bits per heavy atom. The molecule has 1 rings (SSSR count). The molecule has 0 heterocycles. The average Bonchev–Trinajstić information content (AvgIpc) is 2.16. The quantitative estimate of drug-likeness (QED) is 0.433. The molecule has 1 amide bonds. The van der Waals surface area contributed by atoms with Gasteiger partial charge in [-0.3, -0.25) is 4.79 Å². The van der Waals surface area contributed by atoms with Gasteiger partial charge in [-0.25, -0.2) is 0 Å². The third-order valence-electron chi connectivity index (χ3n) is 1.69. The van der Waals surface area contributed by atoms with Crippen molar-refractivity contribution in [3.8, 4) is 0 Å². The lowest BCUT2D eigenvalue weighted by atomic mass is 10.2. The second-order valence-corrected chi connectivity index (χ2v) is 3.27. The molecule has 0 aromatic heterocycles. The van der Waals surface area contributed by atoms with Crippen molar-refractivity contribution in [2.24, 2.45) is 5.73 Å². The number of amides is 1. The van der Waals surface area contributed by atoms with E-state index in [1.54, 1.807) is 24.3 Å². The normalized spacial score (nSPS) is 12.1. The van der Waals surface area contributed by atoms with E-state index in [2.05, 4.69) is 17.9 Å². The molecule has 0 saturated heterocycles. The first kappa shape index (κ1) is 10.9. The predicted octanol–water partition coefficient (Wildman–Crippen LogP) is 0.464. The van der Waals surface area contributed by atoms with Gasteiger partial charge < -0.3 is 16.8 Å². The summed E-state index contributed by atoms with van der Waals surface area (Å²) in [6.07, 6.45) is 0. The van der Waals surface area contributed by atoms with Crippen LogP contribution >= 0.6 is 12.6 Å². The number of benzene rings is 1. The van der Waals surface area contributed by atoms with Crippen LogP contribution < -0.4 is 16.8 Å². The second kappa shape index (κ2) is 4.88. The third kappa shape index (κ3) is 2.93. The van der Waals surface area contributed by atoms with Gasteiger partial charge in [0, 0.05) is 17.1 Å². The summed E-state index contributed by atoms with van der Waals surface area (Å²) < 4.78 is 0. The number of hydrogen-bond donors (Lipinski definition) is 4. The van der Waals surface area contributed by atoms with Gasteiger partial charge in [-0.2, -0.15) is 12.6 Å². The molecule has 0 aliphatic rings. The van der Waals surface area contributed by atoms with Crippen LogP contribution in [0.2, 0.25) is 0 Å². The van der Waals surface area contributed by atoms with Gasteiger partial charge >= 0.3 is 0 Å². The van der Waals surface area contributed by atoms with E-state index in [0.29, 0.717) is 17.1 Å². The number of carbonyl (C=O) groups is 1. The summed E-state index contributed by atoms with van der Waals surface area (Å²) in [5, 5.41) is 2.64. The number of nitrogens with one attached hydrogen (secondary N) is 1. The number of nitrogens with two attached hydrogens (primary N) is 2. The molecule has 1 atom stereocenters. The maximum absolute atomic E-state index is 11.3. The molecule has 5 heteroatoms. The number of hydrogen-bond acceptors (Lipinski definition) is 4. The third-order valence-corrected chi connectivity index (χ3v) is 2.08. The molecule has 1 unspecified atom stereocenters. The van der Waals surface area contributed by atoms with Crippen LogP contribution in [0.15, 0.2) is 24.3 Å². The number of carbonyl (C=O) groups excluding carboxylic acids is 1. The summed E-state index contributed by atoms with van der Waals surface area (Å²) in [5.74, 6) is 0.0549. The summed E-state index contributed by atoms with van der Waals surface area (Å²) >= 11 is 3.93. The molecular formula is C9H13N3OS. The summed E-state index contributed by atoms with van der Waals surface area (Å²) in [4.78, 5) is 11.3. The highest BCUT2D eigenvalue weighted by molar-refractivity contribution is 7.80. The van der Waals surface area contributed by atoms with Crippen LogP contribution in [0.1, 0.15) is 0 Å². The van der Waals surface area contributed by atoms with Crippen LogP contribution in [0.25, 0.3) is 0 Å². The lowest BCUT2D eigenvalue weighted by Gasteiger charge is -2.09. The Balaban J connectivity index is 2.65. The minimum Gasteiger partial charge on any atom is -0.399 e. The zero-order valence-corrected chi connectivity index (χ0v) is 8.50. The first-order valence-electron chi connectivity index (χ1n) is 4.16. The molecule has 5 N–H and O–H groups in total. The van der Waals surface area contributed by atoms with E-state index in [4.69, 9.17) is 11.5 Å².